The number of carbonyl (C=O) groups excluding carboxylic acids is 1. The molecule has 0 amide bonds. The van der Waals surface area contributed by atoms with E-state index in [1.807, 2.05) is 0 Å². The maximum Gasteiger partial charge on any atom is 0.322 e. The van der Waals surface area contributed by atoms with E-state index in [1.165, 1.54) is 7.11 Å². The molecule has 0 aliphatic heterocycles. The van der Waals surface area contributed by atoms with Gasteiger partial charge in [0.2, 0.25) is 0 Å². The van der Waals surface area contributed by atoms with Crippen LogP contribution >= 0.6 is 0 Å². The van der Waals surface area contributed by atoms with Gasteiger partial charge in [-0.2, -0.15) is 0 Å². The van der Waals surface area contributed by atoms with Gasteiger partial charge in [-0.1, -0.05) is 34.6 Å². The van der Waals surface area contributed by atoms with E-state index < -0.39 is 0 Å². The Morgan fingerprint density at radius 1 is 1.25 bits per heavy atom. The molecule has 0 bridgehead atoms. The summed E-state index contributed by atoms with van der Waals surface area (Å²) in [6.07, 6.45) is 1.86. The van der Waals surface area contributed by atoms with Gasteiger partial charge in [0.25, 0.3) is 0 Å². The summed E-state index contributed by atoms with van der Waals surface area (Å²) < 4.78 is 4.84. The van der Waals surface area contributed by atoms with Crippen LogP contribution in [0.1, 0.15) is 47.5 Å². The van der Waals surface area contributed by atoms with Crippen LogP contribution in [-0.2, 0) is 9.53 Å². The number of ether oxygens (including phenoxy) is 1. The topological polar surface area (TPSA) is 38.3 Å². The lowest BCUT2D eigenvalue weighted by atomic mass is 9.97. The molecule has 16 heavy (non-hydrogen) atoms. The van der Waals surface area contributed by atoms with E-state index in [4.69, 9.17) is 4.74 Å². The minimum Gasteiger partial charge on any atom is -0.468 e. The monoisotopic (exact) mass is 229 g/mol. The van der Waals surface area contributed by atoms with Crippen molar-refractivity contribution in [2.75, 3.05) is 7.11 Å². The second kappa shape index (κ2) is 7.66. The lowest BCUT2D eigenvalue weighted by Gasteiger charge is -2.27. The van der Waals surface area contributed by atoms with Gasteiger partial charge in [-0.05, 0) is 24.7 Å². The zero-order chi connectivity index (χ0) is 12.7. The molecule has 0 fully saturated rings. The molecular weight excluding hydrogens is 202 g/mol. The number of nitrogens with one attached hydrogen (secondary N) is 1. The molecule has 3 heteroatoms. The molecule has 0 aromatic rings. The van der Waals surface area contributed by atoms with Crippen LogP contribution in [0.15, 0.2) is 0 Å². The Morgan fingerprint density at radius 2 is 1.81 bits per heavy atom. The van der Waals surface area contributed by atoms with Crippen molar-refractivity contribution >= 4 is 5.97 Å². The van der Waals surface area contributed by atoms with Gasteiger partial charge < -0.3 is 10.1 Å². The highest BCUT2D eigenvalue weighted by Crippen LogP contribution is 2.12. The normalized spacial score (nSPS) is 15.2. The Hall–Kier alpha value is -0.570. The van der Waals surface area contributed by atoms with Crippen molar-refractivity contribution in [3.05, 3.63) is 0 Å². The number of esters is 1. The van der Waals surface area contributed by atoms with Crippen molar-refractivity contribution in [1.29, 1.82) is 0 Å². The lowest BCUT2D eigenvalue weighted by Crippen LogP contribution is -2.46. The van der Waals surface area contributed by atoms with Crippen LogP contribution in [0.3, 0.4) is 0 Å². The highest BCUT2D eigenvalue weighted by atomic mass is 16.5. The van der Waals surface area contributed by atoms with Gasteiger partial charge in [-0.3, -0.25) is 4.79 Å². The summed E-state index contributed by atoms with van der Waals surface area (Å²) in [5.41, 5.74) is 0. The molecule has 0 aliphatic rings. The summed E-state index contributed by atoms with van der Waals surface area (Å²) in [6, 6.07) is 0.209. The predicted octanol–water partition coefficient (Wildman–Crippen LogP) is 2.60. The van der Waals surface area contributed by atoms with E-state index in [9.17, 15) is 4.79 Å². The van der Waals surface area contributed by atoms with Crippen LogP contribution in [0.25, 0.3) is 0 Å². The number of hydrogen-bond donors (Lipinski definition) is 1. The van der Waals surface area contributed by atoms with Crippen LogP contribution in [0, 0.1) is 11.8 Å². The molecule has 0 saturated carbocycles. The minimum atomic E-state index is -0.169. The fraction of sp³-hybridized carbons (Fsp3) is 0.923. The summed E-state index contributed by atoms with van der Waals surface area (Å²) in [6.45, 7) is 10.7. The van der Waals surface area contributed by atoms with Gasteiger partial charge in [0.05, 0.1) is 7.11 Å². The van der Waals surface area contributed by atoms with E-state index in [0.717, 1.165) is 12.8 Å². The molecular formula is C13H27NO2. The second-order valence-electron chi connectivity index (χ2n) is 5.13. The van der Waals surface area contributed by atoms with Crippen LogP contribution in [-0.4, -0.2) is 25.2 Å². The number of methoxy groups -OCH3 is 1. The highest BCUT2D eigenvalue weighted by molar-refractivity contribution is 5.75. The lowest BCUT2D eigenvalue weighted by molar-refractivity contribution is -0.143. The first-order chi connectivity index (χ1) is 7.42. The molecule has 96 valence electrons. The predicted molar refractivity (Wildman–Crippen MR) is 67.3 cm³/mol. The van der Waals surface area contributed by atoms with Gasteiger partial charge in [-0.25, -0.2) is 0 Å². The summed E-state index contributed by atoms with van der Waals surface area (Å²) in [5.74, 6) is 0.874. The standard InChI is InChI=1S/C13H27NO2/c1-7-11(10(4)5)14-12(8-9(2)3)13(15)16-6/h9-12,14H,7-8H2,1-6H3. The largest absolute Gasteiger partial charge is 0.468 e. The Balaban J connectivity index is 4.45. The molecule has 0 rings (SSSR count). The number of carbonyl (C=O) groups is 1. The maximum atomic E-state index is 11.6. The van der Waals surface area contributed by atoms with Crippen molar-refractivity contribution in [2.45, 2.75) is 59.5 Å². The van der Waals surface area contributed by atoms with Crippen LogP contribution in [0.5, 0.6) is 0 Å². The molecule has 0 saturated heterocycles. The molecule has 2 unspecified atom stereocenters. The number of hydrogen-bond acceptors (Lipinski definition) is 3. The molecule has 1 N–H and O–H groups in total. The van der Waals surface area contributed by atoms with Crippen molar-refractivity contribution in [1.82, 2.24) is 5.32 Å². The van der Waals surface area contributed by atoms with E-state index in [2.05, 4.69) is 39.9 Å². The Morgan fingerprint density at radius 3 is 2.12 bits per heavy atom. The first kappa shape index (κ1) is 15.4. The summed E-state index contributed by atoms with van der Waals surface area (Å²) in [5, 5.41) is 3.41. The summed E-state index contributed by atoms with van der Waals surface area (Å²) in [4.78, 5) is 11.6. The van der Waals surface area contributed by atoms with Gasteiger partial charge in [0, 0.05) is 6.04 Å². The van der Waals surface area contributed by atoms with Crippen LogP contribution in [0.2, 0.25) is 0 Å². The average molecular weight is 229 g/mol. The van der Waals surface area contributed by atoms with E-state index in [1.54, 1.807) is 0 Å². The molecule has 0 aromatic heterocycles. The average Bonchev–Trinajstić information content (AvgIpc) is 2.21. The Kier molecular flexibility index (Phi) is 7.39. The third-order valence-corrected chi connectivity index (χ3v) is 2.85. The SMILES string of the molecule is CCC(NC(CC(C)C)C(=O)OC)C(C)C. The van der Waals surface area contributed by atoms with Crippen molar-refractivity contribution in [3.8, 4) is 0 Å². The molecule has 0 radical (unpaired) electrons. The molecule has 0 heterocycles. The maximum absolute atomic E-state index is 11.6. The molecule has 0 spiro atoms. The van der Waals surface area contributed by atoms with Crippen LogP contribution in [0.4, 0.5) is 0 Å². The van der Waals surface area contributed by atoms with Gasteiger partial charge in [-0.15, -0.1) is 0 Å². The fourth-order valence-electron chi connectivity index (χ4n) is 1.89. The fourth-order valence-corrected chi connectivity index (χ4v) is 1.89. The van der Waals surface area contributed by atoms with Crippen LogP contribution < -0.4 is 5.32 Å². The molecule has 3 nitrogen and oxygen atoms in total. The summed E-state index contributed by atoms with van der Waals surface area (Å²) >= 11 is 0. The Bertz CT molecular complexity index is 202. The van der Waals surface area contributed by atoms with E-state index in [0.29, 0.717) is 17.9 Å². The first-order valence-electron chi connectivity index (χ1n) is 6.26. The third-order valence-electron chi connectivity index (χ3n) is 2.85. The van der Waals surface area contributed by atoms with Crippen molar-refractivity contribution in [3.63, 3.8) is 0 Å². The number of rotatable bonds is 7. The van der Waals surface area contributed by atoms with Crippen molar-refractivity contribution < 1.29 is 9.53 Å². The van der Waals surface area contributed by atoms with E-state index in [-0.39, 0.29) is 12.0 Å². The third kappa shape index (κ3) is 5.50. The van der Waals surface area contributed by atoms with Gasteiger partial charge >= 0.3 is 5.97 Å². The Labute approximate surface area is 99.9 Å². The van der Waals surface area contributed by atoms with Gasteiger partial charge in [0.1, 0.15) is 6.04 Å². The summed E-state index contributed by atoms with van der Waals surface area (Å²) in [7, 11) is 1.45. The first-order valence-corrected chi connectivity index (χ1v) is 6.26. The minimum absolute atomic E-state index is 0.146. The molecule has 0 aromatic carbocycles. The molecule has 0 aliphatic carbocycles. The smallest absolute Gasteiger partial charge is 0.322 e. The quantitative estimate of drug-likeness (QED) is 0.682. The van der Waals surface area contributed by atoms with Gasteiger partial charge in [0.15, 0.2) is 0 Å². The second-order valence-corrected chi connectivity index (χ2v) is 5.13. The zero-order valence-corrected chi connectivity index (χ0v) is 11.5. The zero-order valence-electron chi connectivity index (χ0n) is 11.5. The highest BCUT2D eigenvalue weighted by Gasteiger charge is 2.24. The van der Waals surface area contributed by atoms with E-state index >= 15 is 0 Å². The van der Waals surface area contributed by atoms with Crippen molar-refractivity contribution in [2.24, 2.45) is 11.8 Å². The molecule has 2 atom stereocenters.